The van der Waals surface area contributed by atoms with E-state index in [0.717, 1.165) is 5.56 Å². The van der Waals surface area contributed by atoms with E-state index in [1.807, 2.05) is 0 Å². The number of hydrogen-bond donors (Lipinski definition) is 4. The number of rotatable bonds is 5. The molecule has 5 N–H and O–H groups in total. The Labute approximate surface area is 163 Å². The van der Waals surface area contributed by atoms with E-state index in [2.05, 4.69) is 15.0 Å². The van der Waals surface area contributed by atoms with E-state index in [4.69, 9.17) is 10.5 Å². The van der Waals surface area contributed by atoms with Crippen LogP contribution in [0.25, 0.3) is 11.2 Å². The van der Waals surface area contributed by atoms with Gasteiger partial charge in [0.05, 0.1) is 12.9 Å². The maximum Gasteiger partial charge on any atom is 0.223 e. The normalized spacial score (nSPS) is 24.9. The van der Waals surface area contributed by atoms with Gasteiger partial charge in [-0.25, -0.2) is 14.4 Å². The zero-order valence-corrected chi connectivity index (χ0v) is 15.3. The number of hydrogen-bond acceptors (Lipinski definition) is 9. The fraction of sp³-hybridized carbons (Fsp3) is 0.353. The van der Waals surface area contributed by atoms with Crippen molar-refractivity contribution in [2.45, 2.75) is 35.3 Å². The predicted molar refractivity (Wildman–Crippen MR) is 98.7 cm³/mol. The first kappa shape index (κ1) is 19.0. The van der Waals surface area contributed by atoms with Crippen molar-refractivity contribution in [3.05, 3.63) is 42.0 Å². The van der Waals surface area contributed by atoms with Crippen LogP contribution in [0, 0.1) is 5.82 Å². The second-order valence-electron chi connectivity index (χ2n) is 6.36. The summed E-state index contributed by atoms with van der Waals surface area (Å²) in [6.45, 7) is -0.433. The minimum absolute atomic E-state index is 0.0163. The molecule has 3 heterocycles. The largest absolute Gasteiger partial charge is 0.394 e. The van der Waals surface area contributed by atoms with Crippen molar-refractivity contribution in [3.63, 3.8) is 0 Å². The van der Waals surface area contributed by atoms with E-state index >= 15 is 0 Å². The standard InChI is InChI=1S/C17H18FN5O4S/c18-9-3-1-8(2-4-9)6-28-15-11-14(21-17(19)22-15)23(7-20-11)16-13(26)12(25)10(5-24)27-16/h1-4,7,10,12-13,16,24-26H,5-6H2,(H2,19,21,22)/t10-,12+,13-,16-/m0/s1. The maximum absolute atomic E-state index is 13.1. The molecule has 148 valence electrons. The predicted octanol–water partition coefficient (Wildman–Crippen LogP) is 0.451. The van der Waals surface area contributed by atoms with E-state index in [0.29, 0.717) is 21.9 Å². The van der Waals surface area contributed by atoms with Crippen LogP contribution in [0.4, 0.5) is 10.3 Å². The number of aliphatic hydroxyl groups is 3. The van der Waals surface area contributed by atoms with Gasteiger partial charge in [0.25, 0.3) is 0 Å². The highest BCUT2D eigenvalue weighted by atomic mass is 32.2. The average molecular weight is 407 g/mol. The van der Waals surface area contributed by atoms with Gasteiger partial charge in [0.1, 0.15) is 34.7 Å². The molecule has 0 aliphatic carbocycles. The molecule has 4 rings (SSSR count). The summed E-state index contributed by atoms with van der Waals surface area (Å²) >= 11 is 1.36. The summed E-state index contributed by atoms with van der Waals surface area (Å²) < 4.78 is 20.0. The van der Waals surface area contributed by atoms with E-state index < -0.39 is 31.1 Å². The molecule has 0 bridgehead atoms. The summed E-state index contributed by atoms with van der Waals surface area (Å²) in [6.07, 6.45) is -2.97. The SMILES string of the molecule is Nc1nc(SCc2ccc(F)cc2)c2ncn([C@H]3O[C@@H](CO)[C@@H](O)[C@@H]3O)c2n1. The van der Waals surface area contributed by atoms with Gasteiger partial charge in [-0.15, -0.1) is 0 Å². The Bertz CT molecular complexity index is 986. The number of imidazole rings is 1. The number of fused-ring (bicyclic) bond motifs is 1. The smallest absolute Gasteiger partial charge is 0.223 e. The fourth-order valence-electron chi connectivity index (χ4n) is 3.04. The third-order valence-corrected chi connectivity index (χ3v) is 5.52. The topological polar surface area (TPSA) is 140 Å². The Morgan fingerprint density at radius 3 is 2.61 bits per heavy atom. The Morgan fingerprint density at radius 1 is 1.18 bits per heavy atom. The van der Waals surface area contributed by atoms with Gasteiger partial charge >= 0.3 is 0 Å². The second kappa shape index (κ2) is 7.60. The Kier molecular flexibility index (Phi) is 5.17. The molecule has 0 unspecified atom stereocenters. The highest BCUT2D eigenvalue weighted by Gasteiger charge is 2.44. The molecule has 0 radical (unpaired) electrons. The molecule has 4 atom stereocenters. The van der Waals surface area contributed by atoms with Crippen LogP contribution < -0.4 is 5.73 Å². The zero-order chi connectivity index (χ0) is 19.8. The molecular weight excluding hydrogens is 389 g/mol. The Hall–Kier alpha value is -2.31. The summed E-state index contributed by atoms with van der Waals surface area (Å²) in [5, 5.41) is 30.0. The van der Waals surface area contributed by atoms with Crippen LogP contribution in [0.15, 0.2) is 35.6 Å². The first-order valence-electron chi connectivity index (χ1n) is 8.47. The van der Waals surface area contributed by atoms with Crippen molar-refractivity contribution in [3.8, 4) is 0 Å². The number of nitrogens with zero attached hydrogens (tertiary/aromatic N) is 4. The first-order chi connectivity index (χ1) is 13.5. The van der Waals surface area contributed by atoms with Crippen LogP contribution in [0.3, 0.4) is 0 Å². The number of halogens is 1. The molecule has 9 nitrogen and oxygen atoms in total. The van der Waals surface area contributed by atoms with Crippen molar-refractivity contribution < 1.29 is 24.4 Å². The molecule has 1 fully saturated rings. The number of ether oxygens (including phenoxy) is 1. The Balaban J connectivity index is 1.64. The summed E-state index contributed by atoms with van der Waals surface area (Å²) in [7, 11) is 0. The van der Waals surface area contributed by atoms with Crippen LogP contribution in [0.5, 0.6) is 0 Å². The van der Waals surface area contributed by atoms with Crippen LogP contribution in [-0.2, 0) is 10.5 Å². The van der Waals surface area contributed by atoms with E-state index in [1.165, 1.54) is 34.8 Å². The lowest BCUT2D eigenvalue weighted by Gasteiger charge is -2.16. The lowest BCUT2D eigenvalue weighted by Crippen LogP contribution is -2.33. The van der Waals surface area contributed by atoms with Crippen LogP contribution in [-0.4, -0.2) is 59.8 Å². The number of nitrogen functional groups attached to an aromatic ring is 1. The number of anilines is 1. The number of nitrogens with two attached hydrogens (primary N) is 1. The highest BCUT2D eigenvalue weighted by molar-refractivity contribution is 7.98. The molecule has 1 saturated heterocycles. The first-order valence-corrected chi connectivity index (χ1v) is 9.46. The van der Waals surface area contributed by atoms with E-state index in [-0.39, 0.29) is 11.8 Å². The average Bonchev–Trinajstić information content (AvgIpc) is 3.22. The van der Waals surface area contributed by atoms with Gasteiger partial charge in [-0.2, -0.15) is 4.98 Å². The van der Waals surface area contributed by atoms with Gasteiger partial charge < -0.3 is 25.8 Å². The third kappa shape index (κ3) is 3.42. The molecule has 0 spiro atoms. The molecular formula is C17H18FN5O4S. The molecule has 1 aromatic carbocycles. The van der Waals surface area contributed by atoms with Crippen LogP contribution in [0.2, 0.25) is 0 Å². The monoisotopic (exact) mass is 407 g/mol. The number of aliphatic hydroxyl groups excluding tert-OH is 3. The lowest BCUT2D eigenvalue weighted by molar-refractivity contribution is -0.0511. The van der Waals surface area contributed by atoms with Gasteiger partial charge in [-0.3, -0.25) is 4.57 Å². The fourth-order valence-corrected chi connectivity index (χ4v) is 3.97. The summed E-state index contributed by atoms with van der Waals surface area (Å²) in [5.74, 6) is 0.231. The number of benzene rings is 1. The summed E-state index contributed by atoms with van der Waals surface area (Å²) in [4.78, 5) is 12.7. The number of aromatic nitrogens is 4. The third-order valence-electron chi connectivity index (χ3n) is 4.49. The second-order valence-corrected chi connectivity index (χ2v) is 7.32. The van der Waals surface area contributed by atoms with Crippen molar-refractivity contribution >= 4 is 28.9 Å². The minimum atomic E-state index is -1.26. The molecule has 0 amide bonds. The van der Waals surface area contributed by atoms with Gasteiger partial charge in [0, 0.05) is 5.75 Å². The van der Waals surface area contributed by atoms with Gasteiger partial charge in [0.2, 0.25) is 5.95 Å². The van der Waals surface area contributed by atoms with Gasteiger partial charge in [-0.05, 0) is 17.7 Å². The Morgan fingerprint density at radius 2 is 1.93 bits per heavy atom. The molecule has 11 heteroatoms. The van der Waals surface area contributed by atoms with Crippen molar-refractivity contribution in [1.29, 1.82) is 0 Å². The zero-order valence-electron chi connectivity index (χ0n) is 14.5. The molecule has 28 heavy (non-hydrogen) atoms. The molecule has 3 aromatic rings. The molecule has 0 saturated carbocycles. The van der Waals surface area contributed by atoms with E-state index in [9.17, 15) is 19.7 Å². The summed E-state index contributed by atoms with van der Waals surface area (Å²) in [5.41, 5.74) is 7.53. The quantitative estimate of drug-likeness (QED) is 0.351. The van der Waals surface area contributed by atoms with Crippen LogP contribution >= 0.6 is 11.8 Å². The van der Waals surface area contributed by atoms with Crippen molar-refractivity contribution in [1.82, 2.24) is 19.5 Å². The highest BCUT2D eigenvalue weighted by Crippen LogP contribution is 2.34. The van der Waals surface area contributed by atoms with E-state index in [1.54, 1.807) is 12.1 Å². The van der Waals surface area contributed by atoms with Crippen molar-refractivity contribution in [2.24, 2.45) is 0 Å². The van der Waals surface area contributed by atoms with Crippen molar-refractivity contribution in [2.75, 3.05) is 12.3 Å². The number of thioether (sulfide) groups is 1. The lowest BCUT2D eigenvalue weighted by atomic mass is 10.1. The molecule has 1 aliphatic rings. The van der Waals surface area contributed by atoms with Gasteiger partial charge in [0.15, 0.2) is 11.9 Å². The molecule has 2 aromatic heterocycles. The minimum Gasteiger partial charge on any atom is -0.394 e. The van der Waals surface area contributed by atoms with Crippen LogP contribution in [0.1, 0.15) is 11.8 Å². The van der Waals surface area contributed by atoms with Gasteiger partial charge in [-0.1, -0.05) is 23.9 Å². The molecule has 1 aliphatic heterocycles. The maximum atomic E-state index is 13.1. The summed E-state index contributed by atoms with van der Waals surface area (Å²) in [6, 6.07) is 6.14.